The van der Waals surface area contributed by atoms with Crippen molar-refractivity contribution in [2.24, 2.45) is 0 Å². The van der Waals surface area contributed by atoms with Crippen LogP contribution in [0.25, 0.3) is 41.6 Å². The Kier molecular flexibility index (Phi) is 12.8. The number of amides is 1. The van der Waals surface area contributed by atoms with Crippen molar-refractivity contribution < 1.29 is 35.9 Å². The van der Waals surface area contributed by atoms with Crippen LogP contribution in [0, 0.1) is 13.8 Å². The van der Waals surface area contributed by atoms with E-state index in [2.05, 4.69) is 46.5 Å². The number of hydrogen-bond donors (Lipinski definition) is 2. The third-order valence-corrected chi connectivity index (χ3v) is 10.9. The lowest BCUT2D eigenvalue weighted by atomic mass is 10.1. The number of thiazole rings is 2. The van der Waals surface area contributed by atoms with Crippen LogP contribution in [-0.2, 0) is 12.4 Å². The average Bonchev–Trinajstić information content (AvgIpc) is 3.82. The molecule has 0 bridgehead atoms. The minimum Gasteiger partial charge on any atom is -0.399 e. The molecule has 0 unspecified atom stereocenters. The van der Waals surface area contributed by atoms with Gasteiger partial charge in [-0.15, -0.1) is 22.7 Å². The van der Waals surface area contributed by atoms with Crippen LogP contribution >= 0.6 is 34.3 Å². The molecule has 8 rings (SSSR count). The van der Waals surface area contributed by atoms with E-state index in [-0.39, 0.29) is 11.1 Å². The van der Waals surface area contributed by atoms with Gasteiger partial charge in [-0.1, -0.05) is 12.1 Å². The second-order valence-electron chi connectivity index (χ2n) is 13.1. The molecule has 6 aromatic carbocycles. The first kappa shape index (κ1) is 42.5. The second-order valence-corrected chi connectivity index (χ2v) is 15.5. The predicted molar refractivity (Wildman–Crippen MR) is 225 cm³/mol. The number of aromatic nitrogens is 2. The summed E-state index contributed by atoms with van der Waals surface area (Å²) in [6, 6.07) is 35.3. The molecule has 6 nitrogen and oxygen atoms in total. The number of carbonyl (C=O) groups excluding carboxylic acids is 2. The minimum atomic E-state index is -4.43. The summed E-state index contributed by atoms with van der Waals surface area (Å²) in [5, 5.41) is 3.85. The number of nitrogens with one attached hydrogen (secondary N) is 1. The zero-order valence-electron chi connectivity index (χ0n) is 31.0. The van der Waals surface area contributed by atoms with Gasteiger partial charge >= 0.3 is 12.4 Å². The van der Waals surface area contributed by atoms with Gasteiger partial charge in [-0.3, -0.25) is 9.59 Å². The van der Waals surface area contributed by atoms with Crippen LogP contribution in [0.4, 0.5) is 37.7 Å². The monoisotopic (exact) mass is 860 g/mol. The third-order valence-electron chi connectivity index (χ3n) is 8.55. The summed E-state index contributed by atoms with van der Waals surface area (Å²) in [5.41, 5.74) is 12.1. The summed E-state index contributed by atoms with van der Waals surface area (Å²) < 4.78 is 76.2. The van der Waals surface area contributed by atoms with Gasteiger partial charge in [0.25, 0.3) is 11.1 Å². The van der Waals surface area contributed by atoms with Crippen molar-refractivity contribution in [2.75, 3.05) is 11.1 Å². The summed E-state index contributed by atoms with van der Waals surface area (Å²) in [4.78, 5) is 32.0. The number of anilines is 2. The Morgan fingerprint density at radius 3 is 1.39 bits per heavy atom. The lowest BCUT2D eigenvalue weighted by Crippen LogP contribution is -2.12. The van der Waals surface area contributed by atoms with Gasteiger partial charge in [0.05, 0.1) is 31.6 Å². The summed E-state index contributed by atoms with van der Waals surface area (Å²) in [6.07, 6.45) is -8.81. The van der Waals surface area contributed by atoms with Gasteiger partial charge in [-0.25, -0.2) is 9.97 Å². The SMILES string of the molecule is Cc1ccc2nc(-c3ccc(N)cc3)sc2c1.Cc1ccc2nc(-c3ccc(NC(=O)c4ccc(C(F)(F)F)cc4)cc3)sc2c1.O=C(Cl)c1ccc(C(F)(F)F)cc1. The Morgan fingerprint density at radius 2 is 0.983 bits per heavy atom. The van der Waals surface area contributed by atoms with Gasteiger partial charge in [0.2, 0.25) is 0 Å². The molecule has 0 spiro atoms. The summed E-state index contributed by atoms with van der Waals surface area (Å²) in [5.74, 6) is -0.470. The molecule has 0 fully saturated rings. The molecule has 59 heavy (non-hydrogen) atoms. The first-order chi connectivity index (χ1) is 27.9. The molecule has 0 aliphatic carbocycles. The highest BCUT2D eigenvalue weighted by Crippen LogP contribution is 2.34. The van der Waals surface area contributed by atoms with Crippen LogP contribution in [0.5, 0.6) is 0 Å². The van der Waals surface area contributed by atoms with Crippen LogP contribution in [0.3, 0.4) is 0 Å². The largest absolute Gasteiger partial charge is 0.416 e. The lowest BCUT2D eigenvalue weighted by molar-refractivity contribution is -0.138. The van der Waals surface area contributed by atoms with Crippen molar-refractivity contribution in [3.8, 4) is 21.1 Å². The van der Waals surface area contributed by atoms with Gasteiger partial charge in [-0.2, -0.15) is 26.3 Å². The number of nitrogen functional groups attached to an aromatic ring is 1. The molecule has 3 N–H and O–H groups in total. The Bertz CT molecular complexity index is 2730. The Balaban J connectivity index is 0.000000165. The zero-order chi connectivity index (χ0) is 42.5. The molecule has 15 heteroatoms. The van der Waals surface area contributed by atoms with E-state index in [1.165, 1.54) is 15.8 Å². The second kappa shape index (κ2) is 17.8. The predicted octanol–water partition coefficient (Wildman–Crippen LogP) is 13.5. The molecule has 2 heterocycles. The molecule has 0 aliphatic rings. The highest BCUT2D eigenvalue weighted by molar-refractivity contribution is 7.22. The number of aryl methyl sites for hydroxylation is 2. The Morgan fingerprint density at radius 1 is 0.576 bits per heavy atom. The molecule has 2 aromatic heterocycles. The third kappa shape index (κ3) is 11.1. The van der Waals surface area contributed by atoms with Crippen molar-refractivity contribution >= 4 is 77.2 Å². The fourth-order valence-corrected chi connectivity index (χ4v) is 7.70. The van der Waals surface area contributed by atoms with Crippen molar-refractivity contribution in [1.82, 2.24) is 9.97 Å². The van der Waals surface area contributed by atoms with E-state index in [1.807, 2.05) is 55.5 Å². The summed E-state index contributed by atoms with van der Waals surface area (Å²) >= 11 is 8.36. The number of fused-ring (bicyclic) bond motifs is 2. The van der Waals surface area contributed by atoms with E-state index in [1.54, 1.807) is 34.8 Å². The molecule has 8 aromatic rings. The molecule has 0 saturated carbocycles. The first-order valence-corrected chi connectivity index (χ1v) is 19.5. The molecular formula is C44H31ClF6N4O2S2. The smallest absolute Gasteiger partial charge is 0.399 e. The highest BCUT2D eigenvalue weighted by atomic mass is 35.5. The maximum atomic E-state index is 12.6. The average molecular weight is 861 g/mol. The van der Waals surface area contributed by atoms with Crippen molar-refractivity contribution in [3.05, 3.63) is 167 Å². The van der Waals surface area contributed by atoms with Gasteiger partial charge < -0.3 is 11.1 Å². The van der Waals surface area contributed by atoms with Gasteiger partial charge in [0.1, 0.15) is 10.0 Å². The first-order valence-electron chi connectivity index (χ1n) is 17.5. The number of alkyl halides is 6. The minimum absolute atomic E-state index is 0.0506. The summed E-state index contributed by atoms with van der Waals surface area (Å²) in [7, 11) is 0. The number of halogens is 7. The molecule has 0 aliphatic heterocycles. The molecule has 1 amide bonds. The van der Waals surface area contributed by atoms with Crippen LogP contribution in [0.1, 0.15) is 43.0 Å². The van der Waals surface area contributed by atoms with Gasteiger partial charge in [-0.05, 0) is 158 Å². The van der Waals surface area contributed by atoms with Crippen molar-refractivity contribution in [1.29, 1.82) is 0 Å². The molecular weight excluding hydrogens is 830 g/mol. The number of hydrogen-bond acceptors (Lipinski definition) is 7. The van der Waals surface area contributed by atoms with Crippen LogP contribution in [-0.4, -0.2) is 21.1 Å². The van der Waals surface area contributed by atoms with E-state index in [9.17, 15) is 35.9 Å². The molecule has 0 atom stereocenters. The topological polar surface area (TPSA) is 98.0 Å². The number of nitrogens with zero attached hydrogens (tertiary/aromatic N) is 2. The van der Waals surface area contributed by atoms with Gasteiger partial charge in [0, 0.05) is 33.6 Å². The number of nitrogens with two attached hydrogens (primary N) is 1. The zero-order valence-corrected chi connectivity index (χ0v) is 33.3. The highest BCUT2D eigenvalue weighted by Gasteiger charge is 2.31. The number of benzene rings is 6. The summed E-state index contributed by atoms with van der Waals surface area (Å²) in [6.45, 7) is 4.13. The van der Waals surface area contributed by atoms with E-state index in [0.29, 0.717) is 5.69 Å². The lowest BCUT2D eigenvalue weighted by Gasteiger charge is -2.08. The molecule has 0 saturated heterocycles. The number of carbonyl (C=O) groups is 2. The van der Waals surface area contributed by atoms with E-state index < -0.39 is 34.6 Å². The standard InChI is InChI=1S/C22H15F3N2OS.C14H12N2S.C8H4ClF3O/c1-13-2-11-18-19(12-13)29-21(27-18)15-5-9-17(10-6-15)26-20(28)14-3-7-16(8-4-14)22(23,24)25;1-9-2-7-12-13(8-9)17-14(16-12)10-3-5-11(15)6-4-10;9-7(13)5-1-3-6(4-2-5)8(10,11)12/h2-12H,1H3,(H,26,28);2-8H,15H2,1H3;1-4H. The maximum absolute atomic E-state index is 12.6. The number of rotatable bonds is 5. The molecule has 0 radical (unpaired) electrons. The van der Waals surface area contributed by atoms with Crippen LogP contribution < -0.4 is 11.1 Å². The molecule has 300 valence electrons. The van der Waals surface area contributed by atoms with E-state index in [4.69, 9.17) is 17.3 Å². The van der Waals surface area contributed by atoms with Crippen molar-refractivity contribution in [2.45, 2.75) is 26.2 Å². The normalized spacial score (nSPS) is 11.3. The fourth-order valence-electron chi connectivity index (χ4n) is 5.44. The fraction of sp³-hybridized carbons (Fsp3) is 0.0909. The van der Waals surface area contributed by atoms with Crippen LogP contribution in [0.15, 0.2) is 133 Å². The quantitative estimate of drug-likeness (QED) is 0.102. The van der Waals surface area contributed by atoms with E-state index >= 15 is 0 Å². The van der Waals surface area contributed by atoms with E-state index in [0.717, 1.165) is 91.1 Å². The van der Waals surface area contributed by atoms with Crippen molar-refractivity contribution in [3.63, 3.8) is 0 Å². The van der Waals surface area contributed by atoms with Crippen LogP contribution in [0.2, 0.25) is 0 Å². The van der Waals surface area contributed by atoms with Gasteiger partial charge in [0.15, 0.2) is 0 Å². The maximum Gasteiger partial charge on any atom is 0.416 e. The Hall–Kier alpha value is -6.09. The Labute approximate surface area is 347 Å².